The Balaban J connectivity index is 1.78. The normalized spacial score (nSPS) is 11.1. The summed E-state index contributed by atoms with van der Waals surface area (Å²) in [6.45, 7) is 0.315. The monoisotopic (exact) mass is 355 g/mol. The maximum Gasteiger partial charge on any atom is 0.283 e. The largest absolute Gasteiger partial charge is 0.293 e. The van der Waals surface area contributed by atoms with Gasteiger partial charge >= 0.3 is 0 Å². The molecule has 0 amide bonds. The molecule has 0 bridgehead atoms. The number of fused-ring (bicyclic) bond motifs is 1. The zero-order chi connectivity index (χ0) is 17.4. The summed E-state index contributed by atoms with van der Waals surface area (Å²) in [5, 5.41) is 8.44. The van der Waals surface area contributed by atoms with Crippen LogP contribution in [-0.2, 0) is 6.54 Å². The van der Waals surface area contributed by atoms with Crippen molar-refractivity contribution in [2.75, 3.05) is 0 Å². The molecule has 6 nitrogen and oxygen atoms in total. The van der Waals surface area contributed by atoms with Crippen LogP contribution in [0.3, 0.4) is 0 Å². The van der Waals surface area contributed by atoms with Crippen molar-refractivity contribution in [3.05, 3.63) is 81.6 Å². The van der Waals surface area contributed by atoms with Crippen molar-refractivity contribution in [1.29, 1.82) is 0 Å². The molecule has 124 valence electrons. The Kier molecular flexibility index (Phi) is 3.77. The van der Waals surface area contributed by atoms with Crippen LogP contribution in [0.4, 0.5) is 4.39 Å². The van der Waals surface area contributed by atoms with E-state index in [0.717, 1.165) is 5.56 Å². The van der Waals surface area contributed by atoms with Crippen LogP contribution in [0.1, 0.15) is 5.56 Å². The van der Waals surface area contributed by atoms with Gasteiger partial charge in [0, 0.05) is 5.02 Å². The fourth-order valence-electron chi connectivity index (χ4n) is 2.57. The molecule has 0 radical (unpaired) electrons. The molecule has 2 heterocycles. The molecule has 0 aliphatic rings. The van der Waals surface area contributed by atoms with Crippen LogP contribution in [0.2, 0.25) is 5.02 Å². The molecule has 0 aliphatic carbocycles. The molecule has 0 spiro atoms. The van der Waals surface area contributed by atoms with Crippen molar-refractivity contribution in [2.45, 2.75) is 6.54 Å². The Morgan fingerprint density at radius 1 is 1.12 bits per heavy atom. The Labute approximate surface area is 146 Å². The van der Waals surface area contributed by atoms with Gasteiger partial charge in [0.15, 0.2) is 11.2 Å². The molecule has 4 aromatic rings. The van der Waals surface area contributed by atoms with E-state index < -0.39 is 5.82 Å². The second kappa shape index (κ2) is 6.10. The van der Waals surface area contributed by atoms with E-state index in [0.29, 0.717) is 17.3 Å². The smallest absolute Gasteiger partial charge is 0.283 e. The Hall–Kier alpha value is -3.06. The average molecular weight is 356 g/mol. The lowest BCUT2D eigenvalue weighted by atomic mass is 10.2. The summed E-state index contributed by atoms with van der Waals surface area (Å²) in [7, 11) is 0. The third-order valence-electron chi connectivity index (χ3n) is 3.72. The fraction of sp³-hybridized carbons (Fsp3) is 0.0588. The molecule has 0 unspecified atom stereocenters. The van der Waals surface area contributed by atoms with Gasteiger partial charge in [0.2, 0.25) is 0 Å². The highest BCUT2D eigenvalue weighted by atomic mass is 35.5. The first kappa shape index (κ1) is 15.5. The molecular formula is C17H11ClFN5O. The predicted molar refractivity (Wildman–Crippen MR) is 91.4 cm³/mol. The highest BCUT2D eigenvalue weighted by Gasteiger charge is 2.13. The second-order valence-corrected chi connectivity index (χ2v) is 5.90. The number of nitrogens with zero attached hydrogens (tertiary/aromatic N) is 5. The van der Waals surface area contributed by atoms with Crippen molar-refractivity contribution in [1.82, 2.24) is 24.5 Å². The fourth-order valence-corrected chi connectivity index (χ4v) is 2.78. The molecule has 0 atom stereocenters. The van der Waals surface area contributed by atoms with E-state index in [2.05, 4.69) is 15.3 Å². The van der Waals surface area contributed by atoms with Crippen molar-refractivity contribution in [3.63, 3.8) is 0 Å². The summed E-state index contributed by atoms with van der Waals surface area (Å²) in [5.41, 5.74) is 1.38. The van der Waals surface area contributed by atoms with Crippen LogP contribution in [0.5, 0.6) is 0 Å². The van der Waals surface area contributed by atoms with E-state index in [1.807, 2.05) is 12.1 Å². The minimum absolute atomic E-state index is 0.119. The standard InChI is InChI=1S/C17H11ClFN5O/c18-12-4-1-3-11(7-12)9-23-10-20-16-15(17(23)25)21-22-24(16)14-6-2-5-13(19)8-14/h1-8,10H,9H2. The van der Waals surface area contributed by atoms with E-state index in [4.69, 9.17) is 11.6 Å². The number of halogens is 2. The van der Waals surface area contributed by atoms with E-state index in [1.54, 1.807) is 24.3 Å². The van der Waals surface area contributed by atoms with Gasteiger partial charge in [-0.3, -0.25) is 9.36 Å². The van der Waals surface area contributed by atoms with Crippen LogP contribution in [0.25, 0.3) is 16.9 Å². The highest BCUT2D eigenvalue weighted by molar-refractivity contribution is 6.30. The number of benzene rings is 2. The molecule has 0 aliphatic heterocycles. The first-order valence-electron chi connectivity index (χ1n) is 7.43. The maximum atomic E-state index is 13.4. The minimum Gasteiger partial charge on any atom is -0.293 e. The Bertz CT molecular complexity index is 1140. The Morgan fingerprint density at radius 3 is 2.76 bits per heavy atom. The lowest BCUT2D eigenvalue weighted by molar-refractivity contribution is 0.625. The summed E-state index contributed by atoms with van der Waals surface area (Å²) in [4.78, 5) is 16.9. The quantitative estimate of drug-likeness (QED) is 0.567. The molecular weight excluding hydrogens is 345 g/mol. The van der Waals surface area contributed by atoms with Gasteiger partial charge in [-0.05, 0) is 35.9 Å². The van der Waals surface area contributed by atoms with Crippen LogP contribution in [0.15, 0.2) is 59.7 Å². The summed E-state index contributed by atoms with van der Waals surface area (Å²) in [5.74, 6) is -0.407. The SMILES string of the molecule is O=c1c2nnn(-c3cccc(F)c3)c2ncn1Cc1cccc(Cl)c1. The lowest BCUT2D eigenvalue weighted by Crippen LogP contribution is -2.21. The first-order chi connectivity index (χ1) is 12.1. The molecule has 2 aromatic heterocycles. The molecule has 4 rings (SSSR count). The van der Waals surface area contributed by atoms with Crippen LogP contribution in [-0.4, -0.2) is 24.5 Å². The van der Waals surface area contributed by atoms with Gasteiger partial charge in [0.25, 0.3) is 5.56 Å². The molecule has 0 saturated heterocycles. The van der Waals surface area contributed by atoms with Crippen molar-refractivity contribution < 1.29 is 4.39 Å². The molecule has 2 aromatic carbocycles. The summed E-state index contributed by atoms with van der Waals surface area (Å²) in [6, 6.07) is 13.1. The molecule has 0 N–H and O–H groups in total. The maximum absolute atomic E-state index is 13.4. The van der Waals surface area contributed by atoms with Gasteiger partial charge in [-0.15, -0.1) is 5.10 Å². The van der Waals surface area contributed by atoms with Crippen molar-refractivity contribution in [3.8, 4) is 5.69 Å². The lowest BCUT2D eigenvalue weighted by Gasteiger charge is -2.06. The predicted octanol–water partition coefficient (Wildman–Crippen LogP) is 2.82. The van der Waals surface area contributed by atoms with E-state index in [-0.39, 0.29) is 16.7 Å². The number of rotatable bonds is 3. The van der Waals surface area contributed by atoms with E-state index in [1.165, 1.54) is 27.7 Å². The molecule has 25 heavy (non-hydrogen) atoms. The first-order valence-corrected chi connectivity index (χ1v) is 7.81. The van der Waals surface area contributed by atoms with Crippen LogP contribution in [0, 0.1) is 5.82 Å². The van der Waals surface area contributed by atoms with Gasteiger partial charge in [0.05, 0.1) is 12.2 Å². The van der Waals surface area contributed by atoms with E-state index in [9.17, 15) is 9.18 Å². The topological polar surface area (TPSA) is 65.6 Å². The van der Waals surface area contributed by atoms with Crippen LogP contribution < -0.4 is 5.56 Å². The van der Waals surface area contributed by atoms with E-state index >= 15 is 0 Å². The number of hydrogen-bond donors (Lipinski definition) is 0. The third kappa shape index (κ3) is 2.89. The molecule has 0 saturated carbocycles. The zero-order valence-electron chi connectivity index (χ0n) is 12.8. The summed E-state index contributed by atoms with van der Waals surface area (Å²) >= 11 is 5.97. The second-order valence-electron chi connectivity index (χ2n) is 5.46. The van der Waals surface area contributed by atoms with Crippen molar-refractivity contribution in [2.24, 2.45) is 0 Å². The number of hydrogen-bond acceptors (Lipinski definition) is 4. The number of aromatic nitrogens is 5. The zero-order valence-corrected chi connectivity index (χ0v) is 13.6. The van der Waals surface area contributed by atoms with Gasteiger partial charge < -0.3 is 0 Å². The van der Waals surface area contributed by atoms with Gasteiger partial charge in [-0.25, -0.2) is 9.37 Å². The van der Waals surface area contributed by atoms with Gasteiger partial charge in [-0.2, -0.15) is 4.68 Å². The van der Waals surface area contributed by atoms with Crippen molar-refractivity contribution >= 4 is 22.8 Å². The molecule has 8 heteroatoms. The third-order valence-corrected chi connectivity index (χ3v) is 3.96. The minimum atomic E-state index is -0.407. The van der Waals surface area contributed by atoms with Crippen LogP contribution >= 0.6 is 11.6 Å². The summed E-state index contributed by atoms with van der Waals surface area (Å²) in [6.07, 6.45) is 1.42. The van der Waals surface area contributed by atoms with Gasteiger partial charge in [-0.1, -0.05) is 35.0 Å². The average Bonchev–Trinajstić information content (AvgIpc) is 3.02. The Morgan fingerprint density at radius 2 is 1.96 bits per heavy atom. The van der Waals surface area contributed by atoms with Gasteiger partial charge in [0.1, 0.15) is 12.1 Å². The summed E-state index contributed by atoms with van der Waals surface area (Å²) < 4.78 is 16.2. The molecule has 0 fully saturated rings. The highest BCUT2D eigenvalue weighted by Crippen LogP contribution is 2.14.